The Bertz CT molecular complexity index is 1070. The van der Waals surface area contributed by atoms with E-state index in [-0.39, 0.29) is 19.4 Å². The molecule has 0 radical (unpaired) electrons. The summed E-state index contributed by atoms with van der Waals surface area (Å²) in [7, 11) is 0. The molecule has 0 unspecified atom stereocenters. The molecule has 3 aliphatic rings. The summed E-state index contributed by atoms with van der Waals surface area (Å²) in [6.07, 6.45) is 0.667. The molecule has 5 rings (SSSR count). The topological polar surface area (TPSA) is 89.1 Å². The van der Waals surface area contributed by atoms with Gasteiger partial charge >= 0.3 is 11.9 Å². The van der Waals surface area contributed by atoms with Gasteiger partial charge in [0.15, 0.2) is 0 Å². The van der Waals surface area contributed by atoms with Crippen molar-refractivity contribution in [1.29, 1.82) is 0 Å². The highest BCUT2D eigenvalue weighted by Crippen LogP contribution is 2.40. The van der Waals surface area contributed by atoms with Gasteiger partial charge < -0.3 is 24.8 Å². The Hall–Kier alpha value is -2.65. The zero-order chi connectivity index (χ0) is 24.3. The van der Waals surface area contributed by atoms with Crippen LogP contribution < -0.4 is 10.6 Å². The fourth-order valence-electron chi connectivity index (χ4n) is 4.84. The van der Waals surface area contributed by atoms with E-state index in [1.165, 1.54) is 5.56 Å². The number of hydrogen-bond acceptors (Lipinski definition) is 8. The molecular formula is C26H30ClN3O5. The second-order valence-electron chi connectivity index (χ2n) is 9.13. The molecule has 2 fully saturated rings. The molecule has 2 saturated heterocycles. The number of nitrogens with zero attached hydrogens (tertiary/aromatic N) is 1. The van der Waals surface area contributed by atoms with Crippen molar-refractivity contribution in [1.82, 2.24) is 10.2 Å². The third-order valence-corrected chi connectivity index (χ3v) is 6.99. The van der Waals surface area contributed by atoms with Crippen LogP contribution >= 0.6 is 11.6 Å². The van der Waals surface area contributed by atoms with Crippen molar-refractivity contribution < 1.29 is 23.8 Å². The van der Waals surface area contributed by atoms with Crippen molar-refractivity contribution in [2.45, 2.75) is 38.1 Å². The van der Waals surface area contributed by atoms with Gasteiger partial charge in [0.25, 0.3) is 5.79 Å². The van der Waals surface area contributed by atoms with Gasteiger partial charge in [0.1, 0.15) is 0 Å². The Morgan fingerprint density at radius 2 is 1.63 bits per heavy atom. The van der Waals surface area contributed by atoms with Crippen molar-refractivity contribution in [2.75, 3.05) is 44.7 Å². The van der Waals surface area contributed by atoms with Crippen molar-refractivity contribution in [3.8, 4) is 0 Å². The van der Waals surface area contributed by atoms with E-state index in [1.807, 2.05) is 0 Å². The second kappa shape index (κ2) is 10.5. The van der Waals surface area contributed by atoms with Crippen LogP contribution in [0.5, 0.6) is 0 Å². The first-order chi connectivity index (χ1) is 17.0. The van der Waals surface area contributed by atoms with E-state index in [0.717, 1.165) is 49.7 Å². The number of anilines is 1. The standard InChI is InChI=1S/C26H30ClN3O5/c27-22-6-5-21-20(9-10-28-17-26(21)34-23(31)7-8-24(32)35-26)25(22)29-15-18-1-3-19(4-2-18)16-30-11-13-33-14-12-30/h1-6,28-29H,7-17H2. The summed E-state index contributed by atoms with van der Waals surface area (Å²) in [5, 5.41) is 7.29. The number of nitrogens with one attached hydrogen (secondary N) is 2. The number of carbonyl (C=O) groups excluding carboxylic acids is 2. The first-order valence-electron chi connectivity index (χ1n) is 12.1. The van der Waals surface area contributed by atoms with Crippen molar-refractivity contribution >= 4 is 29.2 Å². The van der Waals surface area contributed by atoms with E-state index in [1.54, 1.807) is 12.1 Å². The van der Waals surface area contributed by atoms with Crippen LogP contribution in [-0.2, 0) is 49.1 Å². The average molecular weight is 500 g/mol. The SMILES string of the molecule is O=C1CCC(=O)OC2(CNCCc3c2ccc(Cl)c3NCc2ccc(CN3CCOCC3)cc2)O1. The van der Waals surface area contributed by atoms with Gasteiger partial charge in [0.05, 0.1) is 43.3 Å². The predicted octanol–water partition coefficient (Wildman–Crippen LogP) is 2.96. The molecule has 0 saturated carbocycles. The molecule has 0 aliphatic carbocycles. The van der Waals surface area contributed by atoms with Crippen LogP contribution in [0, 0.1) is 0 Å². The number of benzene rings is 2. The maximum Gasteiger partial charge on any atom is 0.309 e. The number of carbonyl (C=O) groups is 2. The highest BCUT2D eigenvalue weighted by molar-refractivity contribution is 6.33. The fraction of sp³-hybridized carbons (Fsp3) is 0.462. The van der Waals surface area contributed by atoms with Gasteiger partial charge in [-0.2, -0.15) is 0 Å². The van der Waals surface area contributed by atoms with E-state index < -0.39 is 17.7 Å². The Morgan fingerprint density at radius 3 is 2.34 bits per heavy atom. The Kier molecular flexibility index (Phi) is 7.24. The molecule has 0 amide bonds. The van der Waals surface area contributed by atoms with Gasteiger partial charge in [-0.05, 0) is 41.8 Å². The van der Waals surface area contributed by atoms with E-state index in [9.17, 15) is 9.59 Å². The molecule has 3 aliphatic heterocycles. The van der Waals surface area contributed by atoms with Crippen molar-refractivity contribution in [3.63, 3.8) is 0 Å². The highest BCUT2D eigenvalue weighted by Gasteiger charge is 2.46. The van der Waals surface area contributed by atoms with E-state index in [2.05, 4.69) is 39.8 Å². The Morgan fingerprint density at radius 1 is 0.943 bits per heavy atom. The van der Waals surface area contributed by atoms with Gasteiger partial charge in [-0.25, -0.2) is 0 Å². The lowest BCUT2D eigenvalue weighted by Crippen LogP contribution is -2.43. The molecule has 2 aromatic rings. The zero-order valence-electron chi connectivity index (χ0n) is 19.6. The minimum absolute atomic E-state index is 0.0101. The fourth-order valence-corrected chi connectivity index (χ4v) is 5.08. The number of ether oxygens (including phenoxy) is 3. The van der Waals surface area contributed by atoms with Crippen LogP contribution in [0.2, 0.25) is 5.02 Å². The number of hydrogen-bond donors (Lipinski definition) is 2. The van der Waals surface area contributed by atoms with E-state index in [4.69, 9.17) is 25.8 Å². The van der Waals surface area contributed by atoms with Crippen molar-refractivity contribution in [2.24, 2.45) is 0 Å². The summed E-state index contributed by atoms with van der Waals surface area (Å²) in [6, 6.07) is 12.1. The number of fused-ring (bicyclic) bond motifs is 2. The zero-order valence-corrected chi connectivity index (χ0v) is 20.4. The first-order valence-corrected chi connectivity index (χ1v) is 12.5. The average Bonchev–Trinajstić information content (AvgIpc) is 3.12. The van der Waals surface area contributed by atoms with Crippen LogP contribution in [0.15, 0.2) is 36.4 Å². The minimum atomic E-state index is -1.49. The summed E-state index contributed by atoms with van der Waals surface area (Å²) in [6.45, 7) is 5.83. The number of morpholine rings is 1. The molecule has 2 N–H and O–H groups in total. The van der Waals surface area contributed by atoms with E-state index in [0.29, 0.717) is 30.1 Å². The smallest absolute Gasteiger partial charge is 0.309 e. The van der Waals surface area contributed by atoms with Crippen molar-refractivity contribution in [3.05, 3.63) is 63.7 Å². The monoisotopic (exact) mass is 499 g/mol. The van der Waals surface area contributed by atoms with E-state index >= 15 is 0 Å². The predicted molar refractivity (Wildman–Crippen MR) is 131 cm³/mol. The summed E-state index contributed by atoms with van der Waals surface area (Å²) in [5.41, 5.74) is 4.69. The lowest BCUT2D eigenvalue weighted by atomic mass is 9.96. The van der Waals surface area contributed by atoms with Crippen LogP contribution in [-0.4, -0.2) is 56.2 Å². The van der Waals surface area contributed by atoms with Crippen LogP contribution in [0.1, 0.15) is 35.1 Å². The lowest BCUT2D eigenvalue weighted by molar-refractivity contribution is -0.225. The first kappa shape index (κ1) is 24.1. The van der Waals surface area contributed by atoms with Gasteiger partial charge in [-0.1, -0.05) is 35.9 Å². The van der Waals surface area contributed by atoms with Gasteiger partial charge in [0.2, 0.25) is 0 Å². The minimum Gasteiger partial charge on any atom is -0.416 e. The number of esters is 2. The van der Waals surface area contributed by atoms with Crippen LogP contribution in [0.3, 0.4) is 0 Å². The van der Waals surface area contributed by atoms with Crippen LogP contribution in [0.25, 0.3) is 0 Å². The molecule has 3 heterocycles. The summed E-state index contributed by atoms with van der Waals surface area (Å²) < 4.78 is 16.9. The highest BCUT2D eigenvalue weighted by atomic mass is 35.5. The molecule has 8 nitrogen and oxygen atoms in total. The Balaban J connectivity index is 1.35. The van der Waals surface area contributed by atoms with Crippen LogP contribution in [0.4, 0.5) is 5.69 Å². The molecule has 1 spiro atoms. The molecular weight excluding hydrogens is 470 g/mol. The molecule has 186 valence electrons. The second-order valence-corrected chi connectivity index (χ2v) is 9.54. The lowest BCUT2D eigenvalue weighted by Gasteiger charge is -2.32. The third kappa shape index (κ3) is 5.46. The number of halogens is 1. The summed E-state index contributed by atoms with van der Waals surface area (Å²) >= 11 is 6.62. The summed E-state index contributed by atoms with van der Waals surface area (Å²) in [5.74, 6) is -2.39. The Labute approximate surface area is 209 Å². The largest absolute Gasteiger partial charge is 0.416 e. The quantitative estimate of drug-likeness (QED) is 0.607. The molecule has 9 heteroatoms. The third-order valence-electron chi connectivity index (χ3n) is 6.67. The normalized spacial score (nSPS) is 20.4. The molecule has 0 bridgehead atoms. The van der Waals surface area contributed by atoms with Gasteiger partial charge in [0, 0.05) is 31.7 Å². The van der Waals surface area contributed by atoms with Gasteiger partial charge in [-0.15, -0.1) is 0 Å². The maximum absolute atomic E-state index is 12.3. The number of rotatable bonds is 5. The molecule has 35 heavy (non-hydrogen) atoms. The molecule has 2 aromatic carbocycles. The summed E-state index contributed by atoms with van der Waals surface area (Å²) in [4.78, 5) is 27.0. The molecule has 0 atom stereocenters. The molecule has 0 aromatic heterocycles. The van der Waals surface area contributed by atoms with Gasteiger partial charge in [-0.3, -0.25) is 14.5 Å². The maximum atomic E-state index is 12.3.